The third-order valence-electron chi connectivity index (χ3n) is 3.89. The Morgan fingerprint density at radius 1 is 1.60 bits per heavy atom. The molecular formula is C14H20N2O3S. The lowest BCUT2D eigenvalue weighted by Crippen LogP contribution is -2.43. The van der Waals surface area contributed by atoms with Crippen LogP contribution in [0.1, 0.15) is 36.8 Å². The van der Waals surface area contributed by atoms with E-state index in [2.05, 4.69) is 11.8 Å². The number of fused-ring (bicyclic) bond motifs is 1. The van der Waals surface area contributed by atoms with Gasteiger partial charge in [-0.3, -0.25) is 4.79 Å². The highest BCUT2D eigenvalue weighted by molar-refractivity contribution is 7.15. The number of rotatable bonds is 3. The van der Waals surface area contributed by atoms with Crippen LogP contribution in [0.25, 0.3) is 0 Å². The van der Waals surface area contributed by atoms with Crippen molar-refractivity contribution in [2.45, 2.75) is 38.6 Å². The molecule has 1 fully saturated rings. The van der Waals surface area contributed by atoms with Gasteiger partial charge in [0, 0.05) is 11.4 Å². The van der Waals surface area contributed by atoms with Gasteiger partial charge < -0.3 is 14.4 Å². The zero-order valence-corrected chi connectivity index (χ0v) is 12.7. The smallest absolute Gasteiger partial charge is 0.315 e. The number of ether oxygens (including phenoxy) is 2. The average Bonchev–Trinajstić information content (AvgIpc) is 2.99. The van der Waals surface area contributed by atoms with E-state index >= 15 is 0 Å². The van der Waals surface area contributed by atoms with E-state index in [0.717, 1.165) is 43.4 Å². The number of aryl methyl sites for hydroxylation is 1. The molecule has 3 rings (SSSR count). The molecule has 2 heterocycles. The first-order chi connectivity index (χ1) is 9.70. The van der Waals surface area contributed by atoms with E-state index < -0.39 is 0 Å². The molecule has 0 spiro atoms. The zero-order valence-electron chi connectivity index (χ0n) is 11.9. The van der Waals surface area contributed by atoms with E-state index in [1.807, 2.05) is 6.92 Å². The molecule has 5 nitrogen and oxygen atoms in total. The molecule has 2 unspecified atom stereocenters. The molecule has 110 valence electrons. The number of carbonyl (C=O) groups excluding carboxylic acids is 1. The highest BCUT2D eigenvalue weighted by Crippen LogP contribution is 2.40. The third kappa shape index (κ3) is 2.42. The number of aromatic nitrogens is 1. The third-order valence-corrected chi connectivity index (χ3v) is 5.06. The first-order valence-corrected chi connectivity index (χ1v) is 8.03. The van der Waals surface area contributed by atoms with Crippen LogP contribution in [-0.2, 0) is 20.7 Å². The van der Waals surface area contributed by atoms with Crippen LogP contribution in [-0.4, -0.2) is 43.4 Å². The summed E-state index contributed by atoms with van der Waals surface area (Å²) in [6.45, 7) is 6.78. The topological polar surface area (TPSA) is 51.7 Å². The van der Waals surface area contributed by atoms with Gasteiger partial charge in [-0.05, 0) is 26.7 Å². The Morgan fingerprint density at radius 3 is 3.20 bits per heavy atom. The van der Waals surface area contributed by atoms with Gasteiger partial charge in [0.25, 0.3) is 0 Å². The van der Waals surface area contributed by atoms with Gasteiger partial charge in [0.05, 0.1) is 31.6 Å². The maximum atomic E-state index is 12.0. The van der Waals surface area contributed by atoms with Crippen LogP contribution in [0, 0.1) is 0 Å². The van der Waals surface area contributed by atoms with Crippen molar-refractivity contribution in [3.05, 3.63) is 10.6 Å². The van der Waals surface area contributed by atoms with Crippen molar-refractivity contribution >= 4 is 22.4 Å². The van der Waals surface area contributed by atoms with Gasteiger partial charge in [0.15, 0.2) is 5.13 Å². The highest BCUT2D eigenvalue weighted by atomic mass is 32.1. The van der Waals surface area contributed by atoms with Crippen molar-refractivity contribution in [3.63, 3.8) is 0 Å². The number of hydrogen-bond donors (Lipinski definition) is 0. The second-order valence-electron chi connectivity index (χ2n) is 5.27. The van der Waals surface area contributed by atoms with E-state index in [1.165, 1.54) is 4.88 Å². The molecule has 20 heavy (non-hydrogen) atoms. The van der Waals surface area contributed by atoms with E-state index in [9.17, 15) is 4.79 Å². The molecule has 0 radical (unpaired) electrons. The molecule has 2 aliphatic rings. The van der Waals surface area contributed by atoms with Gasteiger partial charge in [-0.15, -0.1) is 11.3 Å². The predicted octanol–water partition coefficient (Wildman–Crippen LogP) is 1.96. The summed E-state index contributed by atoms with van der Waals surface area (Å²) >= 11 is 1.72. The molecule has 1 aromatic rings. The maximum absolute atomic E-state index is 12.0. The standard InChI is InChI=1S/C14H20N2O3S/c1-3-19-13(17)10-4-5-11-12(10)15-14(20-11)16-6-7-18-8-9(16)2/h9-10H,3-8H2,1-2H3. The van der Waals surface area contributed by atoms with Crippen molar-refractivity contribution in [3.8, 4) is 0 Å². The van der Waals surface area contributed by atoms with Crippen LogP contribution >= 0.6 is 11.3 Å². The van der Waals surface area contributed by atoms with E-state index in [-0.39, 0.29) is 11.9 Å². The summed E-state index contributed by atoms with van der Waals surface area (Å²) < 4.78 is 10.6. The van der Waals surface area contributed by atoms with Crippen LogP contribution in [0.3, 0.4) is 0 Å². The molecule has 0 amide bonds. The largest absolute Gasteiger partial charge is 0.465 e. The number of nitrogens with zero attached hydrogens (tertiary/aromatic N) is 2. The fourth-order valence-electron chi connectivity index (χ4n) is 2.82. The molecule has 0 bridgehead atoms. The zero-order chi connectivity index (χ0) is 14.1. The van der Waals surface area contributed by atoms with Gasteiger partial charge in [-0.1, -0.05) is 0 Å². The average molecular weight is 296 g/mol. The summed E-state index contributed by atoms with van der Waals surface area (Å²) in [6, 6.07) is 0.344. The summed E-state index contributed by atoms with van der Waals surface area (Å²) in [5, 5.41) is 1.03. The summed E-state index contributed by atoms with van der Waals surface area (Å²) in [5.41, 5.74) is 0.946. The molecule has 6 heteroatoms. The van der Waals surface area contributed by atoms with Crippen molar-refractivity contribution < 1.29 is 14.3 Å². The molecule has 0 N–H and O–H groups in total. The van der Waals surface area contributed by atoms with E-state index in [1.54, 1.807) is 11.3 Å². The number of esters is 1. The van der Waals surface area contributed by atoms with Crippen LogP contribution in [0.2, 0.25) is 0 Å². The molecule has 1 aliphatic carbocycles. The summed E-state index contributed by atoms with van der Waals surface area (Å²) in [5.74, 6) is -0.288. The monoisotopic (exact) mass is 296 g/mol. The Hall–Kier alpha value is -1.14. The summed E-state index contributed by atoms with van der Waals surface area (Å²) in [7, 11) is 0. The summed E-state index contributed by atoms with van der Waals surface area (Å²) in [6.07, 6.45) is 1.78. The van der Waals surface area contributed by atoms with Crippen molar-refractivity contribution in [1.29, 1.82) is 0 Å². The second kappa shape index (κ2) is 5.69. The van der Waals surface area contributed by atoms with Gasteiger partial charge in [0.1, 0.15) is 5.92 Å². The van der Waals surface area contributed by atoms with Crippen LogP contribution in [0.5, 0.6) is 0 Å². The number of morpholine rings is 1. The van der Waals surface area contributed by atoms with E-state index in [0.29, 0.717) is 12.6 Å². The fourth-order valence-corrected chi connectivity index (χ4v) is 4.09. The van der Waals surface area contributed by atoms with Gasteiger partial charge in [-0.2, -0.15) is 0 Å². The minimum atomic E-state index is -0.161. The first kappa shape index (κ1) is 13.8. The Morgan fingerprint density at radius 2 is 2.45 bits per heavy atom. The lowest BCUT2D eigenvalue weighted by molar-refractivity contribution is -0.145. The number of anilines is 1. The minimum Gasteiger partial charge on any atom is -0.465 e. The van der Waals surface area contributed by atoms with Crippen LogP contribution < -0.4 is 4.90 Å². The Balaban J connectivity index is 1.80. The Kier molecular flexibility index (Phi) is 3.94. The van der Waals surface area contributed by atoms with Crippen LogP contribution in [0.4, 0.5) is 5.13 Å². The Labute approximate surface area is 122 Å². The highest BCUT2D eigenvalue weighted by Gasteiger charge is 2.35. The predicted molar refractivity (Wildman–Crippen MR) is 77.4 cm³/mol. The fraction of sp³-hybridized carbons (Fsp3) is 0.714. The number of thiazole rings is 1. The normalized spacial score (nSPS) is 25.6. The molecule has 1 aliphatic heterocycles. The molecule has 1 saturated heterocycles. The van der Waals surface area contributed by atoms with E-state index in [4.69, 9.17) is 14.5 Å². The SMILES string of the molecule is CCOC(=O)C1CCc2sc(N3CCOCC3C)nc21. The molecule has 0 aromatic carbocycles. The molecule has 1 aromatic heterocycles. The van der Waals surface area contributed by atoms with Gasteiger partial charge in [-0.25, -0.2) is 4.98 Å². The van der Waals surface area contributed by atoms with Crippen molar-refractivity contribution in [1.82, 2.24) is 4.98 Å². The maximum Gasteiger partial charge on any atom is 0.315 e. The number of hydrogen-bond acceptors (Lipinski definition) is 6. The molecular weight excluding hydrogens is 276 g/mol. The van der Waals surface area contributed by atoms with Gasteiger partial charge in [0.2, 0.25) is 0 Å². The molecule has 2 atom stereocenters. The Bertz CT molecular complexity index is 503. The van der Waals surface area contributed by atoms with Crippen molar-refractivity contribution in [2.75, 3.05) is 31.3 Å². The summed E-state index contributed by atoms with van der Waals surface area (Å²) in [4.78, 5) is 20.2. The van der Waals surface area contributed by atoms with Crippen LogP contribution in [0.15, 0.2) is 0 Å². The minimum absolute atomic E-state index is 0.127. The second-order valence-corrected chi connectivity index (χ2v) is 6.33. The van der Waals surface area contributed by atoms with Gasteiger partial charge >= 0.3 is 5.97 Å². The lowest BCUT2D eigenvalue weighted by atomic mass is 10.1. The molecule has 0 saturated carbocycles. The van der Waals surface area contributed by atoms with Crippen molar-refractivity contribution in [2.24, 2.45) is 0 Å². The number of carbonyl (C=O) groups is 1. The lowest BCUT2D eigenvalue weighted by Gasteiger charge is -2.33. The first-order valence-electron chi connectivity index (χ1n) is 7.21. The quantitative estimate of drug-likeness (QED) is 0.798.